The SMILES string of the molecule is Cl.Clc1ccc(CC(c2ccccc2)N2CCN(C3CCCCC3)CC2)cc1. The van der Waals surface area contributed by atoms with Crippen molar-refractivity contribution < 1.29 is 0 Å². The van der Waals surface area contributed by atoms with Gasteiger partial charge in [-0.15, -0.1) is 12.4 Å². The number of benzene rings is 2. The molecule has 1 atom stereocenters. The Balaban J connectivity index is 0.00000225. The van der Waals surface area contributed by atoms with E-state index in [1.165, 1.54) is 69.4 Å². The Morgan fingerprint density at radius 3 is 2.11 bits per heavy atom. The topological polar surface area (TPSA) is 6.48 Å². The van der Waals surface area contributed by atoms with Gasteiger partial charge in [-0.05, 0) is 42.5 Å². The van der Waals surface area contributed by atoms with E-state index in [1.54, 1.807) is 0 Å². The lowest BCUT2D eigenvalue weighted by molar-refractivity contribution is 0.0559. The van der Waals surface area contributed by atoms with Crippen LogP contribution in [0.5, 0.6) is 0 Å². The fraction of sp³-hybridized carbons (Fsp3) is 0.500. The van der Waals surface area contributed by atoms with Gasteiger partial charge in [-0.25, -0.2) is 0 Å². The first kappa shape index (κ1) is 21.6. The maximum absolute atomic E-state index is 6.09. The third kappa shape index (κ3) is 5.51. The van der Waals surface area contributed by atoms with Crippen molar-refractivity contribution in [3.05, 3.63) is 70.7 Å². The summed E-state index contributed by atoms with van der Waals surface area (Å²) in [5.74, 6) is 0. The van der Waals surface area contributed by atoms with Crippen LogP contribution in [-0.2, 0) is 6.42 Å². The fourth-order valence-electron chi connectivity index (χ4n) is 4.84. The van der Waals surface area contributed by atoms with Crippen molar-refractivity contribution >= 4 is 24.0 Å². The lowest BCUT2D eigenvalue weighted by atomic mass is 9.93. The molecule has 1 saturated carbocycles. The van der Waals surface area contributed by atoms with Gasteiger partial charge in [0.2, 0.25) is 0 Å². The van der Waals surface area contributed by atoms with E-state index in [0.717, 1.165) is 17.5 Å². The number of nitrogens with zero attached hydrogens (tertiary/aromatic N) is 2. The highest BCUT2D eigenvalue weighted by Gasteiger charge is 2.29. The monoisotopic (exact) mass is 418 g/mol. The Kier molecular flexibility index (Phi) is 8.23. The molecule has 0 amide bonds. The van der Waals surface area contributed by atoms with E-state index in [4.69, 9.17) is 11.6 Å². The molecule has 152 valence electrons. The first-order valence-electron chi connectivity index (χ1n) is 10.6. The number of rotatable bonds is 5. The number of hydrogen-bond acceptors (Lipinski definition) is 2. The Morgan fingerprint density at radius 2 is 1.46 bits per heavy atom. The molecule has 2 fully saturated rings. The fourth-order valence-corrected chi connectivity index (χ4v) is 4.96. The predicted octanol–water partition coefficient (Wildman–Crippen LogP) is 6.00. The van der Waals surface area contributed by atoms with Crippen molar-refractivity contribution in [2.75, 3.05) is 26.2 Å². The zero-order chi connectivity index (χ0) is 18.5. The lowest BCUT2D eigenvalue weighted by Crippen LogP contribution is -2.51. The summed E-state index contributed by atoms with van der Waals surface area (Å²) in [6.45, 7) is 4.77. The minimum absolute atomic E-state index is 0. The zero-order valence-corrected chi connectivity index (χ0v) is 18.2. The van der Waals surface area contributed by atoms with E-state index >= 15 is 0 Å². The normalized spacial score (nSPS) is 20.5. The maximum atomic E-state index is 6.09. The van der Waals surface area contributed by atoms with Gasteiger partial charge in [0.15, 0.2) is 0 Å². The van der Waals surface area contributed by atoms with Crippen LogP contribution in [0, 0.1) is 0 Å². The molecule has 1 aliphatic carbocycles. The van der Waals surface area contributed by atoms with Crippen LogP contribution < -0.4 is 0 Å². The standard InChI is InChI=1S/C24H31ClN2.ClH/c25-22-13-11-20(12-14-22)19-24(21-7-3-1-4-8-21)27-17-15-26(16-18-27)23-9-5-2-6-10-23;/h1,3-4,7-8,11-14,23-24H,2,5-6,9-10,15-19H2;1H. The van der Waals surface area contributed by atoms with Gasteiger partial charge >= 0.3 is 0 Å². The molecule has 28 heavy (non-hydrogen) atoms. The highest BCUT2D eigenvalue weighted by Crippen LogP contribution is 2.29. The van der Waals surface area contributed by atoms with E-state index in [1.807, 2.05) is 12.1 Å². The second-order valence-electron chi connectivity index (χ2n) is 8.12. The molecule has 1 heterocycles. The molecule has 0 N–H and O–H groups in total. The van der Waals surface area contributed by atoms with Crippen LogP contribution >= 0.6 is 24.0 Å². The molecule has 2 aliphatic rings. The van der Waals surface area contributed by atoms with E-state index in [-0.39, 0.29) is 12.4 Å². The molecule has 1 unspecified atom stereocenters. The van der Waals surface area contributed by atoms with Crippen LogP contribution in [0.3, 0.4) is 0 Å². The molecular weight excluding hydrogens is 387 g/mol. The van der Waals surface area contributed by atoms with E-state index in [9.17, 15) is 0 Å². The Hall–Kier alpha value is -1.06. The highest BCUT2D eigenvalue weighted by atomic mass is 35.5. The van der Waals surface area contributed by atoms with Crippen LogP contribution in [0.2, 0.25) is 5.02 Å². The third-order valence-corrected chi connectivity index (χ3v) is 6.66. The molecule has 1 saturated heterocycles. The maximum Gasteiger partial charge on any atom is 0.0406 e. The van der Waals surface area contributed by atoms with Gasteiger partial charge < -0.3 is 0 Å². The van der Waals surface area contributed by atoms with Gasteiger partial charge in [0.05, 0.1) is 0 Å². The summed E-state index contributed by atoms with van der Waals surface area (Å²) in [4.78, 5) is 5.46. The average Bonchev–Trinajstić information content (AvgIpc) is 2.75. The Morgan fingerprint density at radius 1 is 0.821 bits per heavy atom. The van der Waals surface area contributed by atoms with Gasteiger partial charge in [-0.3, -0.25) is 9.80 Å². The van der Waals surface area contributed by atoms with Crippen LogP contribution in [0.15, 0.2) is 54.6 Å². The van der Waals surface area contributed by atoms with E-state index in [2.05, 4.69) is 52.3 Å². The molecule has 0 aromatic heterocycles. The van der Waals surface area contributed by atoms with Crippen molar-refractivity contribution in [3.8, 4) is 0 Å². The number of piperazine rings is 1. The Bertz CT molecular complexity index is 690. The molecular formula is C24H32Cl2N2. The second-order valence-corrected chi connectivity index (χ2v) is 8.56. The van der Waals surface area contributed by atoms with Crippen molar-refractivity contribution in [1.82, 2.24) is 9.80 Å². The minimum atomic E-state index is 0. The van der Waals surface area contributed by atoms with Crippen molar-refractivity contribution in [2.24, 2.45) is 0 Å². The molecule has 2 nitrogen and oxygen atoms in total. The summed E-state index contributed by atoms with van der Waals surface area (Å²) in [6, 6.07) is 20.7. The van der Waals surface area contributed by atoms with Gasteiger partial charge in [0.25, 0.3) is 0 Å². The lowest BCUT2D eigenvalue weighted by Gasteiger charge is -2.43. The minimum Gasteiger partial charge on any atom is -0.298 e. The van der Waals surface area contributed by atoms with Crippen LogP contribution in [0.4, 0.5) is 0 Å². The number of halogens is 2. The van der Waals surface area contributed by atoms with Gasteiger partial charge in [-0.1, -0.05) is 73.3 Å². The van der Waals surface area contributed by atoms with Crippen LogP contribution in [0.1, 0.15) is 49.3 Å². The van der Waals surface area contributed by atoms with Gasteiger partial charge in [-0.2, -0.15) is 0 Å². The predicted molar refractivity (Wildman–Crippen MR) is 122 cm³/mol. The van der Waals surface area contributed by atoms with Crippen molar-refractivity contribution in [2.45, 2.75) is 50.6 Å². The first-order chi connectivity index (χ1) is 13.3. The smallest absolute Gasteiger partial charge is 0.0406 e. The molecule has 1 aliphatic heterocycles. The van der Waals surface area contributed by atoms with Crippen molar-refractivity contribution in [1.29, 1.82) is 0 Å². The molecule has 0 bridgehead atoms. The van der Waals surface area contributed by atoms with Gasteiger partial charge in [0.1, 0.15) is 0 Å². The Labute approximate surface area is 181 Å². The highest BCUT2D eigenvalue weighted by molar-refractivity contribution is 6.30. The summed E-state index contributed by atoms with van der Waals surface area (Å²) in [6.07, 6.45) is 8.15. The van der Waals surface area contributed by atoms with Crippen LogP contribution in [-0.4, -0.2) is 42.0 Å². The van der Waals surface area contributed by atoms with Gasteiger partial charge in [0, 0.05) is 43.3 Å². The molecule has 0 spiro atoms. The third-order valence-electron chi connectivity index (χ3n) is 6.41. The van der Waals surface area contributed by atoms with E-state index in [0.29, 0.717) is 6.04 Å². The largest absolute Gasteiger partial charge is 0.298 e. The summed E-state index contributed by atoms with van der Waals surface area (Å²) >= 11 is 6.09. The number of hydrogen-bond donors (Lipinski definition) is 0. The zero-order valence-electron chi connectivity index (χ0n) is 16.6. The molecule has 4 heteroatoms. The molecule has 2 aromatic carbocycles. The van der Waals surface area contributed by atoms with E-state index < -0.39 is 0 Å². The summed E-state index contributed by atoms with van der Waals surface area (Å²) < 4.78 is 0. The molecule has 4 rings (SSSR count). The summed E-state index contributed by atoms with van der Waals surface area (Å²) in [7, 11) is 0. The molecule has 0 radical (unpaired) electrons. The first-order valence-corrected chi connectivity index (χ1v) is 10.9. The van der Waals surface area contributed by atoms with Crippen LogP contribution in [0.25, 0.3) is 0 Å². The average molecular weight is 419 g/mol. The molecule has 2 aromatic rings. The summed E-state index contributed by atoms with van der Waals surface area (Å²) in [5.41, 5.74) is 2.79. The van der Waals surface area contributed by atoms with Crippen molar-refractivity contribution in [3.63, 3.8) is 0 Å². The quantitative estimate of drug-likeness (QED) is 0.587. The summed E-state index contributed by atoms with van der Waals surface area (Å²) in [5, 5.41) is 0.816. The second kappa shape index (κ2) is 10.6.